The van der Waals surface area contributed by atoms with Gasteiger partial charge in [0.1, 0.15) is 6.23 Å². The topological polar surface area (TPSA) is 71.4 Å². The number of nitrogens with one attached hydrogen (secondary N) is 2. The number of ether oxygens (including phenoxy) is 2. The lowest BCUT2D eigenvalue weighted by molar-refractivity contribution is -0.137. The third-order valence-corrected chi connectivity index (χ3v) is 2.41. The van der Waals surface area contributed by atoms with Crippen molar-refractivity contribution in [3.8, 4) is 0 Å². The van der Waals surface area contributed by atoms with Gasteiger partial charge in [-0.05, 0) is 38.3 Å². The van der Waals surface area contributed by atoms with E-state index in [9.17, 15) is 4.79 Å². The minimum Gasteiger partial charge on any atom is -0.463 e. The van der Waals surface area contributed by atoms with E-state index in [4.69, 9.17) is 14.9 Å². The van der Waals surface area contributed by atoms with E-state index in [0.29, 0.717) is 6.61 Å². The van der Waals surface area contributed by atoms with Gasteiger partial charge in [-0.25, -0.2) is 4.79 Å². The molecule has 0 aromatic heterocycles. The van der Waals surface area contributed by atoms with Crippen molar-refractivity contribution in [3.63, 3.8) is 0 Å². The second-order valence-electron chi connectivity index (χ2n) is 3.90. The fourth-order valence-corrected chi connectivity index (χ4v) is 1.52. The molecule has 1 heterocycles. The van der Waals surface area contributed by atoms with Crippen molar-refractivity contribution in [2.24, 2.45) is 0 Å². The zero-order valence-electron chi connectivity index (χ0n) is 10.6. The Balaban J connectivity index is 2.24. The summed E-state index contributed by atoms with van der Waals surface area (Å²) in [6.07, 6.45) is 9.19. The zero-order chi connectivity index (χ0) is 13.2. The second-order valence-corrected chi connectivity index (χ2v) is 3.90. The molecule has 1 rings (SSSR count). The summed E-state index contributed by atoms with van der Waals surface area (Å²) in [5.74, 6) is -0.431. The van der Waals surface area contributed by atoms with Crippen molar-refractivity contribution in [3.05, 3.63) is 24.4 Å². The number of hydrogen-bond acceptors (Lipinski definition) is 5. The highest BCUT2D eigenvalue weighted by Crippen LogP contribution is 2.09. The van der Waals surface area contributed by atoms with E-state index in [1.807, 2.05) is 0 Å². The van der Waals surface area contributed by atoms with Crippen LogP contribution in [-0.4, -0.2) is 31.1 Å². The van der Waals surface area contributed by atoms with Crippen molar-refractivity contribution >= 4 is 11.7 Å². The van der Waals surface area contributed by atoms with Gasteiger partial charge in [-0.3, -0.25) is 0 Å². The molecule has 100 valence electrons. The fraction of sp³-hybridized carbons (Fsp3) is 0.538. The van der Waals surface area contributed by atoms with Crippen LogP contribution in [0.4, 0.5) is 0 Å². The van der Waals surface area contributed by atoms with Crippen LogP contribution in [0, 0.1) is 5.41 Å². The average Bonchev–Trinajstić information content (AvgIpc) is 2.38. The molecule has 1 aliphatic rings. The summed E-state index contributed by atoms with van der Waals surface area (Å²) in [6, 6.07) is 0. The minimum atomic E-state index is -0.431. The van der Waals surface area contributed by atoms with Crippen LogP contribution < -0.4 is 5.32 Å². The van der Waals surface area contributed by atoms with Crippen molar-refractivity contribution in [2.45, 2.75) is 32.4 Å². The molecule has 0 amide bonds. The summed E-state index contributed by atoms with van der Waals surface area (Å²) in [4.78, 5) is 11.0. The first kappa shape index (κ1) is 14.4. The molecule has 1 atom stereocenters. The number of carbonyl (C=O) groups excluding carboxylic acids is 1. The molecule has 5 heteroatoms. The quantitative estimate of drug-likeness (QED) is 0.429. The molecule has 5 nitrogen and oxygen atoms in total. The summed E-state index contributed by atoms with van der Waals surface area (Å²) >= 11 is 0. The maximum absolute atomic E-state index is 11.0. The molecule has 0 bridgehead atoms. The highest BCUT2D eigenvalue weighted by Gasteiger charge is 2.10. The largest absolute Gasteiger partial charge is 0.463 e. The van der Waals surface area contributed by atoms with Gasteiger partial charge < -0.3 is 20.2 Å². The van der Waals surface area contributed by atoms with E-state index in [2.05, 4.69) is 5.32 Å². The molecule has 0 saturated carbocycles. The molecule has 2 N–H and O–H groups in total. The van der Waals surface area contributed by atoms with Crippen LogP contribution in [0.25, 0.3) is 0 Å². The Morgan fingerprint density at radius 1 is 1.44 bits per heavy atom. The monoisotopic (exact) mass is 252 g/mol. The van der Waals surface area contributed by atoms with Gasteiger partial charge in [-0.2, -0.15) is 0 Å². The Hall–Kier alpha value is -1.62. The number of hydrogen-bond donors (Lipinski definition) is 2. The Kier molecular flexibility index (Phi) is 6.79. The Bertz CT molecular complexity index is 331. The summed E-state index contributed by atoms with van der Waals surface area (Å²) < 4.78 is 10.2. The Morgan fingerprint density at radius 3 is 2.94 bits per heavy atom. The third-order valence-electron chi connectivity index (χ3n) is 2.41. The number of rotatable bonds is 6. The van der Waals surface area contributed by atoms with Crippen molar-refractivity contribution in [1.29, 1.82) is 5.41 Å². The second kappa shape index (κ2) is 8.47. The summed E-state index contributed by atoms with van der Waals surface area (Å²) in [6.45, 7) is 2.86. The van der Waals surface area contributed by atoms with Crippen molar-refractivity contribution in [2.75, 3.05) is 13.2 Å². The van der Waals surface area contributed by atoms with Crippen LogP contribution in [0.1, 0.15) is 26.2 Å². The van der Waals surface area contributed by atoms with Crippen LogP contribution in [0.3, 0.4) is 0 Å². The van der Waals surface area contributed by atoms with Crippen LogP contribution in [-0.2, 0) is 14.3 Å². The van der Waals surface area contributed by atoms with Crippen LogP contribution in [0.2, 0.25) is 0 Å². The average molecular weight is 252 g/mol. The zero-order valence-corrected chi connectivity index (χ0v) is 10.6. The van der Waals surface area contributed by atoms with E-state index < -0.39 is 5.97 Å². The normalized spacial score (nSPS) is 20.2. The van der Waals surface area contributed by atoms with Gasteiger partial charge in [0.05, 0.1) is 12.3 Å². The predicted molar refractivity (Wildman–Crippen MR) is 69.4 cm³/mol. The summed E-state index contributed by atoms with van der Waals surface area (Å²) in [5.41, 5.74) is 0.228. The van der Waals surface area contributed by atoms with E-state index in [1.165, 1.54) is 12.2 Å². The lowest BCUT2D eigenvalue weighted by Crippen LogP contribution is -2.30. The van der Waals surface area contributed by atoms with Crippen molar-refractivity contribution in [1.82, 2.24) is 5.32 Å². The minimum absolute atomic E-state index is 0.0387. The highest BCUT2D eigenvalue weighted by atomic mass is 16.5. The van der Waals surface area contributed by atoms with Crippen LogP contribution >= 0.6 is 0 Å². The predicted octanol–water partition coefficient (Wildman–Crippen LogP) is 1.76. The van der Waals surface area contributed by atoms with Gasteiger partial charge in [0, 0.05) is 18.9 Å². The first-order chi connectivity index (χ1) is 8.72. The lowest BCUT2D eigenvalue weighted by atomic mass is 10.2. The summed E-state index contributed by atoms with van der Waals surface area (Å²) in [7, 11) is 0. The first-order valence-corrected chi connectivity index (χ1v) is 6.20. The van der Waals surface area contributed by atoms with Crippen LogP contribution in [0.15, 0.2) is 24.4 Å². The maximum atomic E-state index is 11.0. The molecule has 0 aliphatic carbocycles. The molecule has 0 spiro atoms. The van der Waals surface area contributed by atoms with Gasteiger partial charge >= 0.3 is 5.97 Å². The number of esters is 1. The van der Waals surface area contributed by atoms with E-state index >= 15 is 0 Å². The van der Waals surface area contributed by atoms with Crippen molar-refractivity contribution < 1.29 is 14.3 Å². The van der Waals surface area contributed by atoms with Gasteiger partial charge in [0.25, 0.3) is 0 Å². The Morgan fingerprint density at radius 2 is 2.28 bits per heavy atom. The third kappa shape index (κ3) is 6.20. The van der Waals surface area contributed by atoms with Crippen LogP contribution in [0.5, 0.6) is 0 Å². The molecule has 1 unspecified atom stereocenters. The maximum Gasteiger partial charge on any atom is 0.330 e. The standard InChI is InChI=1S/C13H20N2O3/c1-2-17-13(16)7-6-11(14)8-9-15-12-5-3-4-10-18-12/h6-9,12,14-15H,2-5,10H2,1H3/b7-6+,9-8-,14-11?. The molecule has 1 aliphatic heterocycles. The molecule has 18 heavy (non-hydrogen) atoms. The first-order valence-electron chi connectivity index (χ1n) is 6.20. The molecule has 0 aromatic rings. The highest BCUT2D eigenvalue weighted by molar-refractivity contribution is 6.04. The summed E-state index contributed by atoms with van der Waals surface area (Å²) in [5, 5.41) is 10.6. The fourth-order valence-electron chi connectivity index (χ4n) is 1.52. The molecule has 0 aromatic carbocycles. The van der Waals surface area contributed by atoms with E-state index in [-0.39, 0.29) is 11.9 Å². The lowest BCUT2D eigenvalue weighted by Gasteiger charge is -2.22. The number of allylic oxidation sites excluding steroid dienone is 2. The molecule has 0 radical (unpaired) electrons. The molecular weight excluding hydrogens is 232 g/mol. The molecule has 1 fully saturated rings. The van der Waals surface area contributed by atoms with Gasteiger partial charge in [-0.15, -0.1) is 0 Å². The SMILES string of the molecule is CCOC(=O)/C=C/C(=N)/C=C\NC1CCCCO1. The molecule has 1 saturated heterocycles. The smallest absolute Gasteiger partial charge is 0.330 e. The van der Waals surface area contributed by atoms with E-state index in [0.717, 1.165) is 25.9 Å². The molecular formula is C13H20N2O3. The Labute approximate surface area is 107 Å². The number of carbonyl (C=O) groups is 1. The van der Waals surface area contributed by atoms with Gasteiger partial charge in [0.2, 0.25) is 0 Å². The van der Waals surface area contributed by atoms with Gasteiger partial charge in [0.15, 0.2) is 0 Å². The van der Waals surface area contributed by atoms with Gasteiger partial charge in [-0.1, -0.05) is 0 Å². The van der Waals surface area contributed by atoms with E-state index in [1.54, 1.807) is 19.2 Å².